The molecule has 11 heteroatoms. The zero-order chi connectivity index (χ0) is 33.3. The molecule has 2 bridgehead atoms. The van der Waals surface area contributed by atoms with Gasteiger partial charge in [-0.05, 0) is 97.3 Å². The Kier molecular flexibility index (Phi) is 11.5. The highest BCUT2D eigenvalue weighted by Crippen LogP contribution is 2.59. The summed E-state index contributed by atoms with van der Waals surface area (Å²) in [5.41, 5.74) is 1.92. The van der Waals surface area contributed by atoms with Crippen molar-refractivity contribution in [2.75, 3.05) is 37.1 Å². The minimum Gasteiger partial charge on any atom is -0.381 e. The molecule has 2 aliphatic carbocycles. The van der Waals surface area contributed by atoms with Gasteiger partial charge in [-0.1, -0.05) is 94.9 Å². The molecule has 3 aliphatic rings. The van der Waals surface area contributed by atoms with Gasteiger partial charge in [0.1, 0.15) is 0 Å². The summed E-state index contributed by atoms with van der Waals surface area (Å²) in [6.07, 6.45) is 4.10. The molecule has 0 N–H and O–H groups in total. The normalized spacial score (nSPS) is 33.1. The summed E-state index contributed by atoms with van der Waals surface area (Å²) in [4.78, 5) is 0.251. The summed E-state index contributed by atoms with van der Waals surface area (Å²) >= 11 is 7.25. The van der Waals surface area contributed by atoms with E-state index in [0.29, 0.717) is 29.0 Å². The molecule has 6 atom stereocenters. The molecule has 45 heavy (non-hydrogen) atoms. The van der Waals surface area contributed by atoms with Gasteiger partial charge in [0.2, 0.25) is 0 Å². The topological polar surface area (TPSA) is 96.0 Å². The van der Waals surface area contributed by atoms with E-state index in [9.17, 15) is 16.8 Å². The third-order valence-electron chi connectivity index (χ3n) is 11.5. The summed E-state index contributed by atoms with van der Waals surface area (Å²) in [6, 6.07) is 13.1. The standard InChI is InChI=1S/C24H31BrO6S2.C10H17BrO/c1-18-5-9-21(10-6-18)32(26,27)30-15-20-13-14-23(3,24(20,4)16-25)17-31-33(28,29)22-11-7-19(2)8-12-22;1-9-4-3-8(5-12-7-9)10(9,2)6-11/h5-12,20H,13-17H2,1-4H3;8H,3-7H2,1-2H3. The Balaban J connectivity index is 0.000000318. The lowest BCUT2D eigenvalue weighted by atomic mass is 9.65. The van der Waals surface area contributed by atoms with Gasteiger partial charge in [-0.25, -0.2) is 0 Å². The Bertz CT molecular complexity index is 1530. The summed E-state index contributed by atoms with van der Waals surface area (Å²) in [6.45, 7) is 14.6. The molecule has 3 fully saturated rings. The van der Waals surface area contributed by atoms with Crippen LogP contribution in [0.15, 0.2) is 58.3 Å². The quantitative estimate of drug-likeness (QED) is 0.178. The van der Waals surface area contributed by atoms with Crippen LogP contribution in [0.5, 0.6) is 0 Å². The van der Waals surface area contributed by atoms with Gasteiger partial charge in [0.15, 0.2) is 0 Å². The number of hydrogen-bond donors (Lipinski definition) is 0. The number of ether oxygens (including phenoxy) is 1. The summed E-state index contributed by atoms with van der Waals surface area (Å²) in [5.74, 6) is 0.698. The molecule has 1 saturated heterocycles. The number of rotatable bonds is 10. The lowest BCUT2D eigenvalue weighted by molar-refractivity contribution is -0.0840. The van der Waals surface area contributed by atoms with Gasteiger partial charge in [0.05, 0.1) is 29.6 Å². The molecule has 0 radical (unpaired) electrons. The molecule has 2 aromatic rings. The first-order valence-corrected chi connectivity index (χ1v) is 20.6. The number of aryl methyl sites for hydroxylation is 2. The van der Waals surface area contributed by atoms with Gasteiger partial charge in [-0.2, -0.15) is 16.8 Å². The first kappa shape index (κ1) is 37.0. The van der Waals surface area contributed by atoms with Crippen LogP contribution in [0.3, 0.4) is 0 Å². The van der Waals surface area contributed by atoms with Crippen LogP contribution < -0.4 is 0 Å². The van der Waals surface area contributed by atoms with Crippen molar-refractivity contribution in [2.45, 2.75) is 77.0 Å². The van der Waals surface area contributed by atoms with E-state index in [4.69, 9.17) is 13.1 Å². The maximum absolute atomic E-state index is 12.7. The van der Waals surface area contributed by atoms with E-state index in [1.165, 1.54) is 37.1 Å². The predicted octanol–water partition coefficient (Wildman–Crippen LogP) is 8.07. The number of alkyl halides is 2. The zero-order valence-corrected chi connectivity index (χ0v) is 32.1. The Hall–Kier alpha value is -0.820. The zero-order valence-electron chi connectivity index (χ0n) is 27.3. The van der Waals surface area contributed by atoms with Gasteiger partial charge < -0.3 is 4.74 Å². The average molecular weight is 793 g/mol. The summed E-state index contributed by atoms with van der Waals surface area (Å²) in [5, 5.41) is 1.69. The lowest BCUT2D eigenvalue weighted by Gasteiger charge is -2.47. The van der Waals surface area contributed by atoms with E-state index < -0.39 is 31.1 Å². The highest BCUT2D eigenvalue weighted by atomic mass is 79.9. The average Bonchev–Trinajstić information content (AvgIpc) is 3.28. The molecular weight excluding hydrogens is 744 g/mol. The number of hydrogen-bond acceptors (Lipinski definition) is 7. The van der Waals surface area contributed by atoms with E-state index in [1.807, 2.05) is 27.7 Å². The van der Waals surface area contributed by atoms with Crippen molar-refractivity contribution in [1.29, 1.82) is 0 Å². The molecule has 0 amide bonds. The van der Waals surface area contributed by atoms with Gasteiger partial charge >= 0.3 is 0 Å². The molecular formula is C34H48Br2O7S2. The second-order valence-electron chi connectivity index (χ2n) is 14.3. The smallest absolute Gasteiger partial charge is 0.296 e. The minimum absolute atomic E-state index is 0.00647. The van der Waals surface area contributed by atoms with Crippen molar-refractivity contribution in [3.8, 4) is 0 Å². The highest BCUT2D eigenvalue weighted by molar-refractivity contribution is 9.09. The summed E-state index contributed by atoms with van der Waals surface area (Å²) < 4.78 is 67.4. The van der Waals surface area contributed by atoms with E-state index in [1.54, 1.807) is 24.3 Å². The van der Waals surface area contributed by atoms with E-state index in [-0.39, 0.29) is 28.9 Å². The molecule has 0 aromatic heterocycles. The lowest BCUT2D eigenvalue weighted by Crippen LogP contribution is -2.47. The van der Waals surface area contributed by atoms with Gasteiger partial charge in [0.25, 0.3) is 20.2 Å². The van der Waals surface area contributed by atoms with E-state index in [0.717, 1.165) is 35.6 Å². The third kappa shape index (κ3) is 7.44. The van der Waals surface area contributed by atoms with Crippen LogP contribution in [0.25, 0.3) is 0 Å². The minimum atomic E-state index is -3.90. The fourth-order valence-electron chi connectivity index (χ4n) is 7.08. The first-order valence-electron chi connectivity index (χ1n) is 15.6. The molecule has 2 saturated carbocycles. The van der Waals surface area contributed by atoms with Crippen molar-refractivity contribution in [1.82, 2.24) is 0 Å². The van der Waals surface area contributed by atoms with Crippen LogP contribution in [-0.2, 0) is 33.3 Å². The molecule has 0 spiro atoms. The maximum Gasteiger partial charge on any atom is 0.296 e. The van der Waals surface area contributed by atoms with Crippen LogP contribution in [0, 0.1) is 47.3 Å². The molecule has 1 aliphatic heterocycles. The fourth-order valence-corrected chi connectivity index (χ4v) is 11.3. The Labute approximate surface area is 287 Å². The Morgan fingerprint density at radius 2 is 1.27 bits per heavy atom. The predicted molar refractivity (Wildman–Crippen MR) is 185 cm³/mol. The van der Waals surface area contributed by atoms with E-state index >= 15 is 0 Å². The molecule has 2 aromatic carbocycles. The van der Waals surface area contributed by atoms with Crippen LogP contribution >= 0.6 is 31.9 Å². The van der Waals surface area contributed by atoms with Crippen molar-refractivity contribution in [3.05, 3.63) is 59.7 Å². The van der Waals surface area contributed by atoms with Crippen LogP contribution in [0.1, 0.15) is 64.5 Å². The fraction of sp³-hybridized carbons (Fsp3) is 0.647. The van der Waals surface area contributed by atoms with Crippen molar-refractivity contribution in [2.24, 2.45) is 33.5 Å². The molecule has 5 rings (SSSR count). The van der Waals surface area contributed by atoms with Gasteiger partial charge in [-0.3, -0.25) is 8.37 Å². The Morgan fingerprint density at radius 1 is 0.756 bits per heavy atom. The van der Waals surface area contributed by atoms with Crippen LogP contribution in [-0.4, -0.2) is 53.9 Å². The van der Waals surface area contributed by atoms with Crippen molar-refractivity contribution >= 4 is 52.1 Å². The van der Waals surface area contributed by atoms with Crippen molar-refractivity contribution < 1.29 is 29.9 Å². The van der Waals surface area contributed by atoms with Crippen molar-refractivity contribution in [3.63, 3.8) is 0 Å². The summed E-state index contributed by atoms with van der Waals surface area (Å²) in [7, 11) is -7.77. The Morgan fingerprint density at radius 3 is 1.73 bits per heavy atom. The van der Waals surface area contributed by atoms with Crippen LogP contribution in [0.4, 0.5) is 0 Å². The second-order valence-corrected chi connectivity index (χ2v) is 18.6. The number of fused-ring (bicyclic) bond motifs is 2. The number of halogens is 2. The SMILES string of the molecule is CC12CCC(COC1)C2(C)CBr.Cc1ccc(S(=O)(=O)OCC2CCC(C)(COS(=O)(=O)c3ccc(C)cc3)C2(C)CBr)cc1. The monoisotopic (exact) mass is 790 g/mol. The molecule has 6 unspecified atom stereocenters. The van der Waals surface area contributed by atoms with Crippen LogP contribution in [0.2, 0.25) is 0 Å². The second kappa shape index (κ2) is 14.0. The molecule has 252 valence electrons. The maximum atomic E-state index is 12.7. The molecule has 1 heterocycles. The van der Waals surface area contributed by atoms with E-state index in [2.05, 4.69) is 45.7 Å². The molecule has 7 nitrogen and oxygen atoms in total. The first-order chi connectivity index (χ1) is 21.0. The largest absolute Gasteiger partial charge is 0.381 e. The van der Waals surface area contributed by atoms with Gasteiger partial charge in [-0.15, -0.1) is 0 Å². The third-order valence-corrected chi connectivity index (χ3v) is 16.4. The number of benzene rings is 2. The van der Waals surface area contributed by atoms with Gasteiger partial charge in [0, 0.05) is 17.3 Å². The highest BCUT2D eigenvalue weighted by Gasteiger charge is 2.56.